The lowest BCUT2D eigenvalue weighted by atomic mass is 10.0. The summed E-state index contributed by atoms with van der Waals surface area (Å²) in [6, 6.07) is 4.31. The maximum Gasteiger partial charge on any atom is 0.222 e. The zero-order chi connectivity index (χ0) is 15.4. The molecule has 5 heteroatoms. The molecule has 2 aromatic rings. The Labute approximate surface area is 131 Å². The van der Waals surface area contributed by atoms with Crippen LogP contribution in [0.1, 0.15) is 36.7 Å². The lowest BCUT2D eigenvalue weighted by Gasteiger charge is -2.34. The number of hydrogen-bond acceptors (Lipinski definition) is 3. The van der Waals surface area contributed by atoms with Crippen molar-refractivity contribution in [3.63, 3.8) is 0 Å². The number of likely N-dealkylation sites (tertiary alicyclic amines) is 1. The molecule has 1 saturated heterocycles. The van der Waals surface area contributed by atoms with Gasteiger partial charge in [-0.05, 0) is 43.9 Å². The largest absolute Gasteiger partial charge is 0.341 e. The molecule has 0 unspecified atom stereocenters. The summed E-state index contributed by atoms with van der Waals surface area (Å²) in [6.07, 6.45) is 10.9. The maximum absolute atomic E-state index is 12.5. The molecule has 1 amide bonds. The van der Waals surface area contributed by atoms with Crippen LogP contribution >= 0.6 is 0 Å². The molecule has 0 aliphatic carbocycles. The Balaban J connectivity index is 1.57. The van der Waals surface area contributed by atoms with Crippen molar-refractivity contribution in [3.05, 3.63) is 48.3 Å². The standard InChI is InChI=1S/C17H22N4O/c1-14-19-10-12-21(14)16-3-2-11-20(13-16)17(22)5-4-15-6-8-18-9-7-15/h6-10,12,16H,2-5,11,13H2,1H3/t16-/m0/s1. The monoisotopic (exact) mass is 298 g/mol. The van der Waals surface area contributed by atoms with E-state index in [1.807, 2.05) is 36.4 Å². The van der Waals surface area contributed by atoms with Crippen LogP contribution in [0.3, 0.4) is 0 Å². The molecule has 116 valence electrons. The number of nitrogens with zero attached hydrogens (tertiary/aromatic N) is 4. The van der Waals surface area contributed by atoms with E-state index in [-0.39, 0.29) is 5.91 Å². The van der Waals surface area contributed by atoms with Crippen LogP contribution in [0.15, 0.2) is 36.9 Å². The Morgan fingerprint density at radius 3 is 2.86 bits per heavy atom. The van der Waals surface area contributed by atoms with Crippen LogP contribution in [0.2, 0.25) is 0 Å². The van der Waals surface area contributed by atoms with Gasteiger partial charge in [-0.3, -0.25) is 9.78 Å². The molecule has 1 fully saturated rings. The van der Waals surface area contributed by atoms with Gasteiger partial charge in [-0.1, -0.05) is 0 Å². The van der Waals surface area contributed by atoms with Crippen LogP contribution in [0.5, 0.6) is 0 Å². The second-order valence-corrected chi connectivity index (χ2v) is 5.87. The van der Waals surface area contributed by atoms with E-state index in [0.29, 0.717) is 12.5 Å². The van der Waals surface area contributed by atoms with E-state index in [1.54, 1.807) is 12.4 Å². The van der Waals surface area contributed by atoms with Gasteiger partial charge < -0.3 is 9.47 Å². The molecule has 3 rings (SSSR count). The van der Waals surface area contributed by atoms with Crippen LogP contribution in [0.25, 0.3) is 0 Å². The summed E-state index contributed by atoms with van der Waals surface area (Å²) in [5, 5.41) is 0. The predicted octanol–water partition coefficient (Wildman–Crippen LogP) is 2.38. The second-order valence-electron chi connectivity index (χ2n) is 5.87. The lowest BCUT2D eigenvalue weighted by molar-refractivity contribution is -0.132. The average Bonchev–Trinajstić information content (AvgIpc) is 3.00. The summed E-state index contributed by atoms with van der Waals surface area (Å²) in [5.41, 5.74) is 1.17. The van der Waals surface area contributed by atoms with Gasteiger partial charge >= 0.3 is 0 Å². The molecule has 0 spiro atoms. The first kappa shape index (κ1) is 14.8. The molecule has 3 heterocycles. The first-order valence-corrected chi connectivity index (χ1v) is 7.90. The number of piperidine rings is 1. The van der Waals surface area contributed by atoms with Crippen LogP contribution < -0.4 is 0 Å². The van der Waals surface area contributed by atoms with Crippen molar-refractivity contribution in [2.75, 3.05) is 13.1 Å². The number of carbonyl (C=O) groups is 1. The summed E-state index contributed by atoms with van der Waals surface area (Å²) in [6.45, 7) is 3.69. The minimum absolute atomic E-state index is 0.249. The van der Waals surface area contributed by atoms with Crippen molar-refractivity contribution in [1.82, 2.24) is 19.4 Å². The zero-order valence-electron chi connectivity index (χ0n) is 13.0. The number of carbonyl (C=O) groups excluding carboxylic acids is 1. The SMILES string of the molecule is Cc1nccn1[C@H]1CCCN(C(=O)CCc2ccncc2)C1. The lowest BCUT2D eigenvalue weighted by Crippen LogP contribution is -2.40. The average molecular weight is 298 g/mol. The van der Waals surface area contributed by atoms with Gasteiger partial charge in [-0.15, -0.1) is 0 Å². The molecular weight excluding hydrogens is 276 g/mol. The number of rotatable bonds is 4. The van der Waals surface area contributed by atoms with Gasteiger partial charge in [0.15, 0.2) is 0 Å². The topological polar surface area (TPSA) is 51.0 Å². The molecule has 22 heavy (non-hydrogen) atoms. The Kier molecular flexibility index (Phi) is 4.51. The first-order chi connectivity index (χ1) is 10.7. The summed E-state index contributed by atoms with van der Waals surface area (Å²) >= 11 is 0. The van der Waals surface area contributed by atoms with Gasteiger partial charge in [0.1, 0.15) is 5.82 Å². The number of aromatic nitrogens is 3. The molecule has 2 aromatic heterocycles. The Hall–Kier alpha value is -2.17. The summed E-state index contributed by atoms with van der Waals surface area (Å²) < 4.78 is 2.20. The van der Waals surface area contributed by atoms with E-state index in [4.69, 9.17) is 0 Å². The molecular formula is C17H22N4O. The van der Waals surface area contributed by atoms with E-state index in [9.17, 15) is 4.79 Å². The predicted molar refractivity (Wildman–Crippen MR) is 84.4 cm³/mol. The minimum Gasteiger partial charge on any atom is -0.341 e. The van der Waals surface area contributed by atoms with Crippen molar-refractivity contribution in [3.8, 4) is 0 Å². The van der Waals surface area contributed by atoms with E-state index in [0.717, 1.165) is 38.2 Å². The highest BCUT2D eigenvalue weighted by Crippen LogP contribution is 2.23. The second kappa shape index (κ2) is 6.73. The van der Waals surface area contributed by atoms with Gasteiger partial charge in [0.05, 0.1) is 6.04 Å². The highest BCUT2D eigenvalue weighted by molar-refractivity contribution is 5.76. The summed E-state index contributed by atoms with van der Waals surface area (Å²) in [4.78, 5) is 22.8. The fourth-order valence-corrected chi connectivity index (χ4v) is 3.14. The van der Waals surface area contributed by atoms with E-state index >= 15 is 0 Å². The fourth-order valence-electron chi connectivity index (χ4n) is 3.14. The van der Waals surface area contributed by atoms with Gasteiger partial charge in [-0.25, -0.2) is 4.98 Å². The highest BCUT2D eigenvalue weighted by Gasteiger charge is 2.24. The van der Waals surface area contributed by atoms with Crippen LogP contribution in [-0.4, -0.2) is 38.4 Å². The number of amides is 1. The molecule has 1 atom stereocenters. The van der Waals surface area contributed by atoms with E-state index < -0.39 is 0 Å². The van der Waals surface area contributed by atoms with Crippen LogP contribution in [0.4, 0.5) is 0 Å². The third-order valence-corrected chi connectivity index (χ3v) is 4.38. The molecule has 1 aliphatic heterocycles. The summed E-state index contributed by atoms with van der Waals surface area (Å²) in [7, 11) is 0. The van der Waals surface area contributed by atoms with Crippen molar-refractivity contribution in [2.24, 2.45) is 0 Å². The molecule has 1 aliphatic rings. The molecule has 0 N–H and O–H groups in total. The number of pyridine rings is 1. The smallest absolute Gasteiger partial charge is 0.222 e. The molecule has 0 bridgehead atoms. The third kappa shape index (κ3) is 3.35. The van der Waals surface area contributed by atoms with Gasteiger partial charge in [0, 0.05) is 44.3 Å². The van der Waals surface area contributed by atoms with E-state index in [2.05, 4.69) is 14.5 Å². The zero-order valence-corrected chi connectivity index (χ0v) is 13.0. The molecule has 0 saturated carbocycles. The Bertz CT molecular complexity index is 623. The number of aryl methyl sites for hydroxylation is 2. The highest BCUT2D eigenvalue weighted by atomic mass is 16.2. The van der Waals surface area contributed by atoms with Gasteiger partial charge in [0.2, 0.25) is 5.91 Å². The molecule has 0 aromatic carbocycles. The number of imidazole rings is 1. The van der Waals surface area contributed by atoms with Crippen molar-refractivity contribution in [2.45, 2.75) is 38.6 Å². The third-order valence-electron chi connectivity index (χ3n) is 4.38. The molecule has 5 nitrogen and oxygen atoms in total. The quantitative estimate of drug-likeness (QED) is 0.871. The van der Waals surface area contributed by atoms with Gasteiger partial charge in [-0.2, -0.15) is 0 Å². The Morgan fingerprint density at radius 2 is 2.14 bits per heavy atom. The van der Waals surface area contributed by atoms with Crippen molar-refractivity contribution in [1.29, 1.82) is 0 Å². The maximum atomic E-state index is 12.5. The van der Waals surface area contributed by atoms with E-state index in [1.165, 1.54) is 5.56 Å². The van der Waals surface area contributed by atoms with Crippen LogP contribution in [-0.2, 0) is 11.2 Å². The normalized spacial score (nSPS) is 18.4. The van der Waals surface area contributed by atoms with Crippen molar-refractivity contribution >= 4 is 5.91 Å². The minimum atomic E-state index is 0.249. The number of hydrogen-bond donors (Lipinski definition) is 0. The fraction of sp³-hybridized carbons (Fsp3) is 0.471. The van der Waals surface area contributed by atoms with Crippen molar-refractivity contribution < 1.29 is 4.79 Å². The van der Waals surface area contributed by atoms with Crippen LogP contribution in [0, 0.1) is 6.92 Å². The first-order valence-electron chi connectivity index (χ1n) is 7.90. The molecule has 0 radical (unpaired) electrons. The Morgan fingerprint density at radius 1 is 1.32 bits per heavy atom. The summed E-state index contributed by atoms with van der Waals surface area (Å²) in [5.74, 6) is 1.27. The van der Waals surface area contributed by atoms with Gasteiger partial charge in [0.25, 0.3) is 0 Å².